The lowest BCUT2D eigenvalue weighted by Gasteiger charge is -2.11. The molecule has 0 radical (unpaired) electrons. The lowest BCUT2D eigenvalue weighted by molar-refractivity contribution is 0.539. The predicted octanol–water partition coefficient (Wildman–Crippen LogP) is 1.59. The molecule has 1 saturated carbocycles. The molecule has 1 fully saturated rings. The second-order valence-corrected chi connectivity index (χ2v) is 7.70. The number of hydrogen-bond acceptors (Lipinski definition) is 4. The summed E-state index contributed by atoms with van der Waals surface area (Å²) in [4.78, 5) is 0.935. The van der Waals surface area contributed by atoms with Crippen LogP contribution < -0.4 is 10.5 Å². The average Bonchev–Trinajstić information content (AvgIpc) is 3.01. The number of thiophene rings is 1. The third-order valence-electron chi connectivity index (χ3n) is 3.12. The van der Waals surface area contributed by atoms with E-state index in [4.69, 9.17) is 5.73 Å². The fourth-order valence-electron chi connectivity index (χ4n) is 1.82. The van der Waals surface area contributed by atoms with Crippen molar-refractivity contribution in [1.82, 2.24) is 4.72 Å². The van der Waals surface area contributed by atoms with E-state index in [-0.39, 0.29) is 6.04 Å². The molecule has 4 nitrogen and oxygen atoms in total. The number of aryl methyl sites for hydroxylation is 1. The van der Waals surface area contributed by atoms with E-state index in [1.165, 1.54) is 11.3 Å². The Morgan fingerprint density at radius 1 is 1.59 bits per heavy atom. The van der Waals surface area contributed by atoms with Gasteiger partial charge in [-0.15, -0.1) is 11.3 Å². The Morgan fingerprint density at radius 3 is 2.71 bits per heavy atom. The molecule has 1 heterocycles. The van der Waals surface area contributed by atoms with Crippen LogP contribution in [0.3, 0.4) is 0 Å². The minimum atomic E-state index is -3.36. The fourth-order valence-corrected chi connectivity index (χ4v) is 4.62. The Bertz CT molecular complexity index is 504. The van der Waals surface area contributed by atoms with E-state index in [1.807, 2.05) is 13.8 Å². The summed E-state index contributed by atoms with van der Waals surface area (Å²) in [7, 11) is -3.36. The summed E-state index contributed by atoms with van der Waals surface area (Å²) in [5, 5.41) is 0. The molecule has 0 bridgehead atoms. The molecular weight excluding hydrogens is 256 g/mol. The summed E-state index contributed by atoms with van der Waals surface area (Å²) in [5.41, 5.74) is 6.52. The number of nitrogens with one attached hydrogen (secondary N) is 1. The molecule has 0 aromatic carbocycles. The van der Waals surface area contributed by atoms with Gasteiger partial charge in [-0.3, -0.25) is 0 Å². The monoisotopic (exact) mass is 274 g/mol. The van der Waals surface area contributed by atoms with E-state index in [1.54, 1.807) is 6.07 Å². The lowest BCUT2D eigenvalue weighted by atomic mass is 10.2. The molecule has 96 valence electrons. The summed E-state index contributed by atoms with van der Waals surface area (Å²) in [6.45, 7) is 4.21. The van der Waals surface area contributed by atoms with Crippen LogP contribution in [0.15, 0.2) is 10.3 Å². The average molecular weight is 274 g/mol. The molecule has 0 aliphatic heterocycles. The van der Waals surface area contributed by atoms with Crippen LogP contribution in [0.1, 0.15) is 30.2 Å². The molecule has 1 atom stereocenters. The van der Waals surface area contributed by atoms with Gasteiger partial charge >= 0.3 is 0 Å². The summed E-state index contributed by atoms with van der Waals surface area (Å²) in [6, 6.07) is 1.73. The van der Waals surface area contributed by atoms with E-state index >= 15 is 0 Å². The maximum absolute atomic E-state index is 12.1. The van der Waals surface area contributed by atoms with Gasteiger partial charge in [0.15, 0.2) is 0 Å². The summed E-state index contributed by atoms with van der Waals surface area (Å²) >= 11 is 1.27. The van der Waals surface area contributed by atoms with Crippen LogP contribution >= 0.6 is 11.3 Å². The Hall–Kier alpha value is -0.430. The first kappa shape index (κ1) is 13.0. The van der Waals surface area contributed by atoms with Gasteiger partial charge in [-0.05, 0) is 44.2 Å². The van der Waals surface area contributed by atoms with Crippen LogP contribution in [0.25, 0.3) is 0 Å². The highest BCUT2D eigenvalue weighted by Gasteiger charge is 2.31. The normalized spacial score (nSPS) is 18.3. The van der Waals surface area contributed by atoms with Crippen molar-refractivity contribution in [2.75, 3.05) is 0 Å². The van der Waals surface area contributed by atoms with Gasteiger partial charge in [-0.25, -0.2) is 13.1 Å². The topological polar surface area (TPSA) is 72.2 Å². The molecule has 17 heavy (non-hydrogen) atoms. The van der Waals surface area contributed by atoms with Crippen LogP contribution in [0.2, 0.25) is 0 Å². The van der Waals surface area contributed by atoms with Crippen molar-refractivity contribution in [2.45, 2.75) is 43.5 Å². The Balaban J connectivity index is 2.18. The molecular formula is C11H18N2O2S2. The molecule has 3 N–H and O–H groups in total. The zero-order valence-corrected chi connectivity index (χ0v) is 11.7. The van der Waals surface area contributed by atoms with Crippen molar-refractivity contribution < 1.29 is 8.42 Å². The van der Waals surface area contributed by atoms with E-state index in [0.717, 1.165) is 23.3 Å². The molecule has 0 saturated heterocycles. The number of rotatable bonds is 5. The minimum absolute atomic E-state index is 0.0312. The Morgan fingerprint density at radius 2 is 2.24 bits per heavy atom. The molecule has 0 amide bonds. The second kappa shape index (κ2) is 4.68. The van der Waals surface area contributed by atoms with Crippen molar-refractivity contribution in [2.24, 2.45) is 11.7 Å². The zero-order valence-electron chi connectivity index (χ0n) is 10.1. The third kappa shape index (κ3) is 2.88. The fraction of sp³-hybridized carbons (Fsp3) is 0.636. The van der Waals surface area contributed by atoms with Gasteiger partial charge in [0.25, 0.3) is 0 Å². The Kier molecular flexibility index (Phi) is 3.58. The lowest BCUT2D eigenvalue weighted by Crippen LogP contribution is -2.33. The summed E-state index contributed by atoms with van der Waals surface area (Å²) in [6.07, 6.45) is 2.25. The number of hydrogen-bond donors (Lipinski definition) is 2. The quantitative estimate of drug-likeness (QED) is 0.856. The molecule has 1 aliphatic carbocycles. The van der Waals surface area contributed by atoms with Gasteiger partial charge in [-0.1, -0.05) is 0 Å². The SMILES string of the molecule is Cc1cc(S(=O)(=O)NC(C)C2CC2)sc1CN. The van der Waals surface area contributed by atoms with Crippen LogP contribution in [0.5, 0.6) is 0 Å². The van der Waals surface area contributed by atoms with Gasteiger partial charge in [0.05, 0.1) is 0 Å². The number of nitrogens with two attached hydrogens (primary N) is 1. The maximum atomic E-state index is 12.1. The Labute approximate surface area is 106 Å². The van der Waals surface area contributed by atoms with Crippen LogP contribution in [-0.4, -0.2) is 14.5 Å². The first-order valence-corrected chi connectivity index (χ1v) is 8.05. The van der Waals surface area contributed by atoms with Crippen molar-refractivity contribution in [3.8, 4) is 0 Å². The predicted molar refractivity (Wildman–Crippen MR) is 69.5 cm³/mol. The van der Waals surface area contributed by atoms with Crippen molar-refractivity contribution in [3.63, 3.8) is 0 Å². The van der Waals surface area contributed by atoms with Gasteiger partial charge in [0, 0.05) is 17.5 Å². The minimum Gasteiger partial charge on any atom is -0.326 e. The van der Waals surface area contributed by atoms with Gasteiger partial charge in [-0.2, -0.15) is 0 Å². The molecule has 2 rings (SSSR count). The van der Waals surface area contributed by atoms with Gasteiger partial charge < -0.3 is 5.73 Å². The molecule has 0 spiro atoms. The molecule has 1 aromatic heterocycles. The van der Waals surface area contributed by atoms with Gasteiger partial charge in [0.1, 0.15) is 4.21 Å². The maximum Gasteiger partial charge on any atom is 0.250 e. The molecule has 1 aromatic rings. The van der Waals surface area contributed by atoms with Crippen molar-refractivity contribution in [3.05, 3.63) is 16.5 Å². The van der Waals surface area contributed by atoms with E-state index in [2.05, 4.69) is 4.72 Å². The van der Waals surface area contributed by atoms with Crippen molar-refractivity contribution in [1.29, 1.82) is 0 Å². The second-order valence-electron chi connectivity index (χ2n) is 4.62. The van der Waals surface area contributed by atoms with E-state index in [9.17, 15) is 8.42 Å². The summed E-state index contributed by atoms with van der Waals surface area (Å²) < 4.78 is 27.3. The molecule has 6 heteroatoms. The third-order valence-corrected chi connectivity index (χ3v) is 6.41. The largest absolute Gasteiger partial charge is 0.326 e. The highest BCUT2D eigenvalue weighted by Crippen LogP contribution is 2.33. The highest BCUT2D eigenvalue weighted by molar-refractivity contribution is 7.91. The first-order chi connectivity index (χ1) is 7.94. The number of sulfonamides is 1. The molecule has 1 aliphatic rings. The van der Waals surface area contributed by atoms with Crippen LogP contribution in [0, 0.1) is 12.8 Å². The standard InChI is InChI=1S/C11H18N2O2S2/c1-7-5-11(16-10(7)6-12)17(14,15)13-8(2)9-3-4-9/h5,8-9,13H,3-4,6,12H2,1-2H3. The van der Waals surface area contributed by atoms with Gasteiger partial charge in [0.2, 0.25) is 10.0 Å². The smallest absolute Gasteiger partial charge is 0.250 e. The van der Waals surface area contributed by atoms with Crippen molar-refractivity contribution >= 4 is 21.4 Å². The van der Waals surface area contributed by atoms with E-state index in [0.29, 0.717) is 16.7 Å². The highest BCUT2D eigenvalue weighted by atomic mass is 32.2. The van der Waals surface area contributed by atoms with Crippen LogP contribution in [0.4, 0.5) is 0 Å². The first-order valence-electron chi connectivity index (χ1n) is 5.75. The molecule has 1 unspecified atom stereocenters. The van der Waals surface area contributed by atoms with Crippen LogP contribution in [-0.2, 0) is 16.6 Å². The van der Waals surface area contributed by atoms with E-state index < -0.39 is 10.0 Å². The zero-order chi connectivity index (χ0) is 12.6. The summed E-state index contributed by atoms with van der Waals surface area (Å²) in [5.74, 6) is 0.514.